The molecule has 0 bridgehead atoms. The summed E-state index contributed by atoms with van der Waals surface area (Å²) < 4.78 is 13.7. The molecule has 0 fully saturated rings. The van der Waals surface area contributed by atoms with E-state index in [0.29, 0.717) is 19.6 Å². The summed E-state index contributed by atoms with van der Waals surface area (Å²) in [7, 11) is 13.1. The third-order valence-electron chi connectivity index (χ3n) is 5.49. The third kappa shape index (κ3) is 6.81. The molecule has 0 heterocycles. The smallest absolute Gasteiger partial charge is 0.168 e. The number of carbonyl (C=O) groups is 1. The summed E-state index contributed by atoms with van der Waals surface area (Å²) >= 11 is 0. The van der Waals surface area contributed by atoms with Crippen LogP contribution in [0.3, 0.4) is 0 Å². The fourth-order valence-electron chi connectivity index (χ4n) is 3.87. The van der Waals surface area contributed by atoms with Crippen LogP contribution in [0, 0.1) is 0 Å². The lowest BCUT2D eigenvalue weighted by Crippen LogP contribution is -2.36. The zero-order chi connectivity index (χ0) is 22.6. The Hall–Kier alpha value is -2.37. The number of Topliss-reactive ketones (excluding diaryl/α,β-unsaturated/α-hetero) is 1. The second-order valence-corrected chi connectivity index (χ2v) is 10.6. The maximum Gasteiger partial charge on any atom is 0.168 e. The molecule has 0 N–H and O–H groups in total. The largest absolute Gasteiger partial charge is 0.493 e. The minimum atomic E-state index is 0.140. The van der Waals surface area contributed by atoms with Crippen LogP contribution in [0.4, 0.5) is 0 Å². The molecule has 0 spiro atoms. The summed E-state index contributed by atoms with van der Waals surface area (Å²) in [5, 5.41) is 0. The number of fused-ring (bicyclic) bond motifs is 3. The first-order valence-corrected chi connectivity index (χ1v) is 11.2. The Morgan fingerprint density at radius 2 is 1.23 bits per heavy atom. The first-order chi connectivity index (χ1) is 14.5. The monoisotopic (exact) mass is 426 g/mol. The molecule has 2 aromatic carbocycles. The molecule has 0 radical (unpaired) electrons. The summed E-state index contributed by atoms with van der Waals surface area (Å²) in [6.45, 7) is 3.47. The molecule has 31 heavy (non-hydrogen) atoms. The highest BCUT2D eigenvalue weighted by Crippen LogP contribution is 2.37. The highest BCUT2D eigenvalue weighted by atomic mass is 16.5. The summed E-state index contributed by atoms with van der Waals surface area (Å²) in [6, 6.07) is 12.0. The minimum absolute atomic E-state index is 0.140. The first-order valence-electron chi connectivity index (χ1n) is 11.2. The van der Waals surface area contributed by atoms with Crippen LogP contribution in [0.5, 0.6) is 11.5 Å². The van der Waals surface area contributed by atoms with E-state index in [2.05, 4.69) is 48.4 Å². The molecule has 0 unspecified atom stereocenters. The third-order valence-corrected chi connectivity index (χ3v) is 5.49. The lowest BCUT2D eigenvalue weighted by molar-refractivity contribution is -0.870. The molecule has 1 aliphatic rings. The number of benzene rings is 2. The number of quaternary nitrogens is 2. The Morgan fingerprint density at radius 1 is 0.710 bits per heavy atom. The van der Waals surface area contributed by atoms with Crippen molar-refractivity contribution in [3.63, 3.8) is 0 Å². The highest BCUT2D eigenvalue weighted by molar-refractivity contribution is 6.07. The molecule has 0 atom stereocenters. The Bertz CT molecular complexity index is 923. The van der Waals surface area contributed by atoms with E-state index in [4.69, 9.17) is 9.47 Å². The van der Waals surface area contributed by atoms with Gasteiger partial charge in [0.25, 0.3) is 0 Å². The topological polar surface area (TPSA) is 35.5 Å². The molecule has 3 rings (SSSR count). The van der Waals surface area contributed by atoms with Crippen molar-refractivity contribution in [1.29, 1.82) is 0 Å². The molecule has 5 heteroatoms. The first kappa shape index (κ1) is 23.3. The Labute approximate surface area is 187 Å². The van der Waals surface area contributed by atoms with Gasteiger partial charge in [-0.25, -0.2) is 0 Å². The number of hydrogen-bond donors (Lipinski definition) is 0. The molecule has 0 aromatic heterocycles. The van der Waals surface area contributed by atoms with Gasteiger partial charge in [0.1, 0.15) is 11.5 Å². The van der Waals surface area contributed by atoms with Gasteiger partial charge in [-0.15, -0.1) is 0 Å². The van der Waals surface area contributed by atoms with E-state index in [-0.39, 0.29) is 5.78 Å². The van der Waals surface area contributed by atoms with E-state index >= 15 is 0 Å². The van der Waals surface area contributed by atoms with Gasteiger partial charge in [-0.1, -0.05) is 6.07 Å². The van der Waals surface area contributed by atoms with Gasteiger partial charge < -0.3 is 18.4 Å². The van der Waals surface area contributed by atoms with Crippen LogP contribution in [-0.2, 0) is 6.42 Å². The van der Waals surface area contributed by atoms with Crippen molar-refractivity contribution in [3.05, 3.63) is 47.5 Å². The second-order valence-electron chi connectivity index (χ2n) is 10.6. The average molecular weight is 427 g/mol. The number of ether oxygens (including phenoxy) is 2. The van der Waals surface area contributed by atoms with Crippen LogP contribution in [0.15, 0.2) is 36.4 Å². The average Bonchev–Trinajstić information content (AvgIpc) is 2.67. The van der Waals surface area contributed by atoms with E-state index in [1.165, 1.54) is 0 Å². The van der Waals surface area contributed by atoms with Crippen molar-refractivity contribution in [2.75, 3.05) is 68.6 Å². The lowest BCUT2D eigenvalue weighted by atomic mass is 9.84. The summed E-state index contributed by atoms with van der Waals surface area (Å²) in [5.41, 5.74) is 3.90. The normalized spacial score (nSPS) is 13.5. The number of ketones is 1. The Morgan fingerprint density at radius 3 is 1.77 bits per heavy atom. The second kappa shape index (κ2) is 9.41. The molecular weight excluding hydrogens is 388 g/mol. The number of carbonyl (C=O) groups excluding carboxylic acids is 1. The van der Waals surface area contributed by atoms with Crippen LogP contribution in [-0.4, -0.2) is 83.3 Å². The zero-order valence-electron chi connectivity index (χ0n) is 20.0. The van der Waals surface area contributed by atoms with Crippen molar-refractivity contribution < 1.29 is 23.2 Å². The Kier molecular flexibility index (Phi) is 7.07. The Balaban J connectivity index is 1.66. The lowest BCUT2D eigenvalue weighted by Gasteiger charge is -2.24. The maximum absolute atomic E-state index is 12.8. The van der Waals surface area contributed by atoms with Crippen molar-refractivity contribution in [1.82, 2.24) is 0 Å². The van der Waals surface area contributed by atoms with Crippen molar-refractivity contribution in [3.8, 4) is 22.6 Å². The molecule has 0 amide bonds. The van der Waals surface area contributed by atoms with Gasteiger partial charge >= 0.3 is 0 Å². The number of rotatable bonds is 10. The van der Waals surface area contributed by atoms with Gasteiger partial charge in [0.2, 0.25) is 0 Å². The fourth-order valence-corrected chi connectivity index (χ4v) is 3.87. The van der Waals surface area contributed by atoms with Crippen molar-refractivity contribution in [2.24, 2.45) is 0 Å². The molecule has 0 saturated heterocycles. The number of nitrogens with zero attached hydrogens (tertiary/aromatic N) is 2. The summed E-state index contributed by atoms with van der Waals surface area (Å²) in [4.78, 5) is 12.8. The molecule has 5 nitrogen and oxygen atoms in total. The van der Waals surface area contributed by atoms with Gasteiger partial charge in [-0.05, 0) is 47.0 Å². The van der Waals surface area contributed by atoms with Crippen LogP contribution in [0.2, 0.25) is 0 Å². The highest BCUT2D eigenvalue weighted by Gasteiger charge is 2.23. The molecular formula is C26H38N2O3+2. The van der Waals surface area contributed by atoms with Gasteiger partial charge in [-0.2, -0.15) is 0 Å². The molecule has 0 saturated carbocycles. The predicted molar refractivity (Wildman–Crippen MR) is 126 cm³/mol. The van der Waals surface area contributed by atoms with Crippen LogP contribution >= 0.6 is 0 Å². The standard InChI is InChI=1S/C26H38N2O3/c1-27(2,3)13-7-15-30-21-9-11-23-20(17-21)18-26(29)25-19-22(10-12-24(23)25)31-16-8-14-28(4,5)6/h9-12,17,19H,7-8,13-16,18H2,1-6H3/q+2. The summed E-state index contributed by atoms with van der Waals surface area (Å²) in [6.07, 6.45) is 2.39. The van der Waals surface area contributed by atoms with E-state index in [0.717, 1.165) is 68.7 Å². The van der Waals surface area contributed by atoms with E-state index in [9.17, 15) is 4.79 Å². The van der Waals surface area contributed by atoms with Gasteiger partial charge in [0.15, 0.2) is 5.78 Å². The quantitative estimate of drug-likeness (QED) is 0.425. The van der Waals surface area contributed by atoms with Crippen LogP contribution in [0.25, 0.3) is 11.1 Å². The van der Waals surface area contributed by atoms with E-state index in [1.807, 2.05) is 30.3 Å². The molecule has 0 aliphatic heterocycles. The van der Waals surface area contributed by atoms with Crippen molar-refractivity contribution in [2.45, 2.75) is 19.3 Å². The van der Waals surface area contributed by atoms with Gasteiger partial charge in [0, 0.05) is 24.8 Å². The number of hydrogen-bond acceptors (Lipinski definition) is 3. The van der Waals surface area contributed by atoms with E-state index in [1.54, 1.807) is 0 Å². The molecule has 1 aliphatic carbocycles. The van der Waals surface area contributed by atoms with Crippen LogP contribution < -0.4 is 9.47 Å². The van der Waals surface area contributed by atoms with Crippen LogP contribution in [0.1, 0.15) is 28.8 Å². The predicted octanol–water partition coefficient (Wildman–Crippen LogP) is 4.04. The van der Waals surface area contributed by atoms with Gasteiger partial charge in [-0.3, -0.25) is 4.79 Å². The van der Waals surface area contributed by atoms with Crippen molar-refractivity contribution >= 4 is 5.78 Å². The SMILES string of the molecule is C[N+](C)(C)CCCOc1ccc2c(c1)CC(=O)c1cc(OCCC[N+](C)(C)C)ccc1-2. The molecule has 168 valence electrons. The minimum Gasteiger partial charge on any atom is -0.493 e. The fraction of sp³-hybridized carbons (Fsp3) is 0.500. The van der Waals surface area contributed by atoms with Gasteiger partial charge in [0.05, 0.1) is 68.6 Å². The zero-order valence-corrected chi connectivity index (χ0v) is 20.0. The van der Waals surface area contributed by atoms with E-state index < -0.39 is 0 Å². The maximum atomic E-state index is 12.8. The molecule has 2 aromatic rings. The summed E-state index contributed by atoms with van der Waals surface area (Å²) in [5.74, 6) is 1.75.